The van der Waals surface area contributed by atoms with E-state index in [0.717, 1.165) is 23.8 Å². The Hall–Kier alpha value is -1.77. The van der Waals surface area contributed by atoms with Crippen molar-refractivity contribution < 1.29 is 0 Å². The summed E-state index contributed by atoms with van der Waals surface area (Å²) in [5.41, 5.74) is 3.53. The SMILES string of the molecule is CCCCc1ccc(Nc2ncc(C)[nH]2)cc1. The fourth-order valence-electron chi connectivity index (χ4n) is 1.75. The van der Waals surface area contributed by atoms with Gasteiger partial charge in [0, 0.05) is 17.6 Å². The summed E-state index contributed by atoms with van der Waals surface area (Å²) in [6, 6.07) is 8.55. The number of aryl methyl sites for hydroxylation is 2. The Morgan fingerprint density at radius 3 is 2.59 bits per heavy atom. The third-order valence-corrected chi connectivity index (χ3v) is 2.74. The van der Waals surface area contributed by atoms with Crippen LogP contribution in [-0.2, 0) is 6.42 Å². The van der Waals surface area contributed by atoms with Crippen molar-refractivity contribution in [2.24, 2.45) is 0 Å². The van der Waals surface area contributed by atoms with E-state index in [9.17, 15) is 0 Å². The highest BCUT2D eigenvalue weighted by Crippen LogP contribution is 2.15. The minimum Gasteiger partial charge on any atom is -0.328 e. The summed E-state index contributed by atoms with van der Waals surface area (Å²) < 4.78 is 0. The molecular formula is C14H19N3. The van der Waals surface area contributed by atoms with Gasteiger partial charge in [0.2, 0.25) is 5.95 Å². The highest BCUT2D eigenvalue weighted by Gasteiger charge is 1.98. The van der Waals surface area contributed by atoms with Crippen LogP contribution in [0.4, 0.5) is 11.6 Å². The summed E-state index contributed by atoms with van der Waals surface area (Å²) in [6.07, 6.45) is 5.48. The van der Waals surface area contributed by atoms with E-state index < -0.39 is 0 Å². The van der Waals surface area contributed by atoms with Gasteiger partial charge in [-0.15, -0.1) is 0 Å². The van der Waals surface area contributed by atoms with Gasteiger partial charge in [-0.2, -0.15) is 0 Å². The molecule has 2 N–H and O–H groups in total. The number of nitrogens with zero attached hydrogens (tertiary/aromatic N) is 1. The van der Waals surface area contributed by atoms with Gasteiger partial charge < -0.3 is 10.3 Å². The monoisotopic (exact) mass is 229 g/mol. The lowest BCUT2D eigenvalue weighted by atomic mass is 10.1. The highest BCUT2D eigenvalue weighted by atomic mass is 15.1. The Morgan fingerprint density at radius 1 is 1.24 bits per heavy atom. The lowest BCUT2D eigenvalue weighted by Gasteiger charge is -2.04. The minimum atomic E-state index is 0.795. The molecule has 0 bridgehead atoms. The van der Waals surface area contributed by atoms with Crippen LogP contribution in [0.1, 0.15) is 31.0 Å². The number of aromatic amines is 1. The van der Waals surface area contributed by atoms with Gasteiger partial charge in [0.1, 0.15) is 0 Å². The Morgan fingerprint density at radius 2 is 2.00 bits per heavy atom. The van der Waals surface area contributed by atoms with Crippen molar-refractivity contribution in [2.75, 3.05) is 5.32 Å². The maximum Gasteiger partial charge on any atom is 0.204 e. The smallest absolute Gasteiger partial charge is 0.204 e. The van der Waals surface area contributed by atoms with E-state index in [1.807, 2.05) is 13.1 Å². The van der Waals surface area contributed by atoms with E-state index in [-0.39, 0.29) is 0 Å². The molecule has 0 radical (unpaired) electrons. The van der Waals surface area contributed by atoms with Crippen LogP contribution in [0.5, 0.6) is 0 Å². The molecular weight excluding hydrogens is 210 g/mol. The number of nitrogens with one attached hydrogen (secondary N) is 2. The van der Waals surface area contributed by atoms with Crippen molar-refractivity contribution in [3.63, 3.8) is 0 Å². The summed E-state index contributed by atoms with van der Waals surface area (Å²) in [6.45, 7) is 4.21. The van der Waals surface area contributed by atoms with Crippen molar-refractivity contribution in [3.05, 3.63) is 41.7 Å². The number of anilines is 2. The lowest BCUT2D eigenvalue weighted by Crippen LogP contribution is -1.93. The lowest BCUT2D eigenvalue weighted by molar-refractivity contribution is 0.795. The molecule has 0 unspecified atom stereocenters. The molecule has 3 heteroatoms. The third-order valence-electron chi connectivity index (χ3n) is 2.74. The molecule has 0 aliphatic heterocycles. The Kier molecular flexibility index (Phi) is 3.81. The second-order valence-corrected chi connectivity index (χ2v) is 4.34. The second kappa shape index (κ2) is 5.53. The largest absolute Gasteiger partial charge is 0.328 e. The van der Waals surface area contributed by atoms with E-state index in [4.69, 9.17) is 0 Å². The van der Waals surface area contributed by atoms with Crippen molar-refractivity contribution in [3.8, 4) is 0 Å². The van der Waals surface area contributed by atoms with Gasteiger partial charge in [-0.05, 0) is 37.5 Å². The van der Waals surface area contributed by atoms with Crippen LogP contribution >= 0.6 is 0 Å². The first-order valence-corrected chi connectivity index (χ1v) is 6.15. The number of hydrogen-bond acceptors (Lipinski definition) is 2. The summed E-state index contributed by atoms with van der Waals surface area (Å²) in [5, 5.41) is 3.24. The molecule has 90 valence electrons. The van der Waals surface area contributed by atoms with Crippen molar-refractivity contribution in [2.45, 2.75) is 33.1 Å². The number of benzene rings is 1. The number of H-pyrrole nitrogens is 1. The maximum absolute atomic E-state index is 4.22. The standard InChI is InChI=1S/C14H19N3/c1-3-4-5-12-6-8-13(9-7-12)17-14-15-10-11(2)16-14/h6-10H,3-5H2,1-2H3,(H2,15,16,17). The summed E-state index contributed by atoms with van der Waals surface area (Å²) in [7, 11) is 0. The first kappa shape index (κ1) is 11.7. The summed E-state index contributed by atoms with van der Waals surface area (Å²) in [4.78, 5) is 7.37. The van der Waals surface area contributed by atoms with Crippen LogP contribution in [0.2, 0.25) is 0 Å². The molecule has 0 saturated carbocycles. The average Bonchev–Trinajstić information content (AvgIpc) is 2.74. The van der Waals surface area contributed by atoms with Gasteiger partial charge in [-0.3, -0.25) is 0 Å². The molecule has 0 fully saturated rings. The van der Waals surface area contributed by atoms with E-state index >= 15 is 0 Å². The maximum atomic E-state index is 4.22. The van der Waals surface area contributed by atoms with Gasteiger partial charge in [-0.1, -0.05) is 25.5 Å². The van der Waals surface area contributed by atoms with Gasteiger partial charge in [0.25, 0.3) is 0 Å². The van der Waals surface area contributed by atoms with Crippen LogP contribution in [-0.4, -0.2) is 9.97 Å². The molecule has 1 heterocycles. The van der Waals surface area contributed by atoms with Crippen LogP contribution in [0.15, 0.2) is 30.5 Å². The van der Waals surface area contributed by atoms with Crippen LogP contribution in [0.25, 0.3) is 0 Å². The van der Waals surface area contributed by atoms with Gasteiger partial charge in [0.15, 0.2) is 0 Å². The number of imidazole rings is 1. The molecule has 0 spiro atoms. The Labute approximate surface area is 102 Å². The predicted octanol–water partition coefficient (Wildman–Crippen LogP) is 3.80. The summed E-state index contributed by atoms with van der Waals surface area (Å²) in [5.74, 6) is 0.795. The summed E-state index contributed by atoms with van der Waals surface area (Å²) >= 11 is 0. The zero-order valence-corrected chi connectivity index (χ0v) is 10.5. The fraction of sp³-hybridized carbons (Fsp3) is 0.357. The topological polar surface area (TPSA) is 40.7 Å². The van der Waals surface area contributed by atoms with Gasteiger partial charge in [-0.25, -0.2) is 4.98 Å². The fourth-order valence-corrected chi connectivity index (χ4v) is 1.75. The number of hydrogen-bond donors (Lipinski definition) is 2. The molecule has 0 aliphatic carbocycles. The normalized spacial score (nSPS) is 10.5. The number of aromatic nitrogens is 2. The second-order valence-electron chi connectivity index (χ2n) is 4.34. The van der Waals surface area contributed by atoms with Crippen molar-refractivity contribution >= 4 is 11.6 Å². The zero-order chi connectivity index (χ0) is 12.1. The molecule has 2 rings (SSSR count). The number of unbranched alkanes of at least 4 members (excludes halogenated alkanes) is 1. The van der Waals surface area contributed by atoms with E-state index in [1.54, 1.807) is 0 Å². The molecule has 0 saturated heterocycles. The van der Waals surface area contributed by atoms with E-state index in [1.165, 1.54) is 18.4 Å². The van der Waals surface area contributed by atoms with Crippen LogP contribution in [0.3, 0.4) is 0 Å². The van der Waals surface area contributed by atoms with Gasteiger partial charge in [0.05, 0.1) is 0 Å². The molecule has 3 nitrogen and oxygen atoms in total. The van der Waals surface area contributed by atoms with E-state index in [0.29, 0.717) is 0 Å². The van der Waals surface area contributed by atoms with Crippen molar-refractivity contribution in [1.29, 1.82) is 0 Å². The van der Waals surface area contributed by atoms with E-state index in [2.05, 4.69) is 46.5 Å². The molecule has 0 aliphatic rings. The quantitative estimate of drug-likeness (QED) is 0.818. The highest BCUT2D eigenvalue weighted by molar-refractivity contribution is 5.53. The van der Waals surface area contributed by atoms with Gasteiger partial charge >= 0.3 is 0 Å². The van der Waals surface area contributed by atoms with Crippen molar-refractivity contribution in [1.82, 2.24) is 9.97 Å². The minimum absolute atomic E-state index is 0.795. The molecule has 1 aromatic carbocycles. The molecule has 17 heavy (non-hydrogen) atoms. The number of rotatable bonds is 5. The molecule has 1 aromatic heterocycles. The van der Waals surface area contributed by atoms with Crippen LogP contribution in [0, 0.1) is 6.92 Å². The average molecular weight is 229 g/mol. The first-order chi connectivity index (χ1) is 8.28. The molecule has 0 amide bonds. The Bertz CT molecular complexity index is 457. The molecule has 0 atom stereocenters. The zero-order valence-electron chi connectivity index (χ0n) is 10.5. The molecule has 2 aromatic rings. The third kappa shape index (κ3) is 3.34. The Balaban J connectivity index is 1.98. The van der Waals surface area contributed by atoms with Crippen LogP contribution < -0.4 is 5.32 Å². The first-order valence-electron chi connectivity index (χ1n) is 6.15. The predicted molar refractivity (Wildman–Crippen MR) is 71.7 cm³/mol.